The Morgan fingerprint density at radius 3 is 2.85 bits per heavy atom. The average Bonchev–Trinajstić information content (AvgIpc) is 2.76. The third kappa shape index (κ3) is 2.14. The first kappa shape index (κ1) is 12.3. The van der Waals surface area contributed by atoms with Crippen molar-refractivity contribution in [2.45, 2.75) is 6.42 Å². The molecule has 0 aliphatic rings. The van der Waals surface area contributed by atoms with E-state index < -0.39 is 5.97 Å². The zero-order chi connectivity index (χ0) is 14.1. The standard InChI is InChI=1S/C15H13N3O2/c1-18-13-6-5-10(9-14(19)20)8-12(13)17-15(18)11-4-2-3-7-16-11/h2-8H,9H2,1H3,(H,19,20). The molecule has 0 saturated carbocycles. The molecule has 0 bridgehead atoms. The van der Waals surface area contributed by atoms with Crippen molar-refractivity contribution in [3.8, 4) is 11.5 Å². The van der Waals surface area contributed by atoms with Gasteiger partial charge in [0, 0.05) is 13.2 Å². The first-order chi connectivity index (χ1) is 9.65. The molecule has 0 amide bonds. The topological polar surface area (TPSA) is 68.0 Å². The quantitative estimate of drug-likeness (QED) is 0.790. The number of hydrogen-bond acceptors (Lipinski definition) is 3. The van der Waals surface area contributed by atoms with Crippen LogP contribution in [0.1, 0.15) is 5.56 Å². The highest BCUT2D eigenvalue weighted by molar-refractivity contribution is 5.82. The third-order valence-corrected chi connectivity index (χ3v) is 3.19. The van der Waals surface area contributed by atoms with Crippen molar-refractivity contribution in [3.63, 3.8) is 0 Å². The highest BCUT2D eigenvalue weighted by Gasteiger charge is 2.11. The zero-order valence-corrected chi connectivity index (χ0v) is 10.9. The molecule has 1 N–H and O–H groups in total. The summed E-state index contributed by atoms with van der Waals surface area (Å²) in [4.78, 5) is 19.6. The number of nitrogens with zero attached hydrogens (tertiary/aromatic N) is 3. The van der Waals surface area contributed by atoms with Crippen LogP contribution in [0.3, 0.4) is 0 Å². The summed E-state index contributed by atoms with van der Waals surface area (Å²) < 4.78 is 1.96. The summed E-state index contributed by atoms with van der Waals surface area (Å²) in [6, 6.07) is 11.2. The smallest absolute Gasteiger partial charge is 0.307 e. The second kappa shape index (κ2) is 4.77. The third-order valence-electron chi connectivity index (χ3n) is 3.19. The second-order valence-electron chi connectivity index (χ2n) is 4.60. The Labute approximate surface area is 115 Å². The van der Waals surface area contributed by atoms with Crippen molar-refractivity contribution in [2.75, 3.05) is 0 Å². The van der Waals surface area contributed by atoms with Gasteiger partial charge < -0.3 is 9.67 Å². The number of aromatic nitrogens is 3. The van der Waals surface area contributed by atoms with Gasteiger partial charge in [0.05, 0.1) is 17.5 Å². The van der Waals surface area contributed by atoms with Crippen LogP contribution in [-0.4, -0.2) is 25.6 Å². The van der Waals surface area contributed by atoms with E-state index in [0.29, 0.717) is 0 Å². The number of carboxylic acid groups (broad SMARTS) is 1. The van der Waals surface area contributed by atoms with Gasteiger partial charge in [-0.1, -0.05) is 12.1 Å². The monoisotopic (exact) mass is 267 g/mol. The van der Waals surface area contributed by atoms with Crippen LogP contribution in [0.4, 0.5) is 0 Å². The molecular formula is C15H13N3O2. The molecule has 1 aromatic carbocycles. The van der Waals surface area contributed by atoms with Gasteiger partial charge in [-0.05, 0) is 29.8 Å². The van der Waals surface area contributed by atoms with Gasteiger partial charge in [0.2, 0.25) is 0 Å². The number of benzene rings is 1. The SMILES string of the molecule is Cn1c(-c2ccccn2)nc2cc(CC(=O)O)ccc21. The van der Waals surface area contributed by atoms with Crippen LogP contribution in [0.2, 0.25) is 0 Å². The van der Waals surface area contributed by atoms with E-state index in [1.54, 1.807) is 6.20 Å². The van der Waals surface area contributed by atoms with Crippen LogP contribution >= 0.6 is 0 Å². The van der Waals surface area contributed by atoms with Crippen molar-refractivity contribution in [1.82, 2.24) is 14.5 Å². The summed E-state index contributed by atoms with van der Waals surface area (Å²) in [5.41, 5.74) is 3.29. The fraction of sp³-hybridized carbons (Fsp3) is 0.133. The lowest BCUT2D eigenvalue weighted by molar-refractivity contribution is -0.136. The number of rotatable bonds is 3. The Morgan fingerprint density at radius 1 is 1.30 bits per heavy atom. The van der Waals surface area contributed by atoms with Gasteiger partial charge in [0.15, 0.2) is 5.82 Å². The minimum absolute atomic E-state index is 0.00539. The second-order valence-corrected chi connectivity index (χ2v) is 4.60. The molecule has 20 heavy (non-hydrogen) atoms. The van der Waals surface area contributed by atoms with Gasteiger partial charge in [0.25, 0.3) is 0 Å². The highest BCUT2D eigenvalue weighted by Crippen LogP contribution is 2.23. The predicted octanol–water partition coefficient (Wildman–Crippen LogP) is 2.26. The van der Waals surface area contributed by atoms with Crippen LogP contribution in [0.25, 0.3) is 22.6 Å². The van der Waals surface area contributed by atoms with Crippen LogP contribution in [0, 0.1) is 0 Å². The molecule has 0 saturated heterocycles. The van der Waals surface area contributed by atoms with Gasteiger partial charge in [-0.25, -0.2) is 4.98 Å². The summed E-state index contributed by atoms with van der Waals surface area (Å²) in [5, 5.41) is 8.84. The number of fused-ring (bicyclic) bond motifs is 1. The summed E-state index contributed by atoms with van der Waals surface area (Å²) >= 11 is 0. The molecule has 5 heteroatoms. The maximum Gasteiger partial charge on any atom is 0.307 e. The number of carboxylic acids is 1. The molecule has 3 aromatic rings. The van der Waals surface area contributed by atoms with Crippen LogP contribution in [-0.2, 0) is 18.3 Å². The Kier molecular flexibility index (Phi) is 2.95. The molecule has 100 valence electrons. The fourth-order valence-electron chi connectivity index (χ4n) is 2.25. The Balaban J connectivity index is 2.12. The molecule has 0 radical (unpaired) electrons. The fourth-order valence-corrected chi connectivity index (χ4v) is 2.25. The molecule has 0 aliphatic carbocycles. The lowest BCUT2D eigenvalue weighted by atomic mass is 10.1. The lowest BCUT2D eigenvalue weighted by Crippen LogP contribution is -1.99. The summed E-state index contributed by atoms with van der Waals surface area (Å²) in [7, 11) is 1.93. The van der Waals surface area contributed by atoms with Crippen LogP contribution in [0.5, 0.6) is 0 Å². The minimum atomic E-state index is -0.842. The highest BCUT2D eigenvalue weighted by atomic mass is 16.4. The van der Waals surface area contributed by atoms with E-state index in [1.807, 2.05) is 48.0 Å². The van der Waals surface area contributed by atoms with Crippen molar-refractivity contribution in [1.29, 1.82) is 0 Å². The first-order valence-corrected chi connectivity index (χ1v) is 6.23. The Hall–Kier alpha value is -2.69. The van der Waals surface area contributed by atoms with Gasteiger partial charge in [-0.2, -0.15) is 0 Å². The lowest BCUT2D eigenvalue weighted by Gasteiger charge is -2.01. The molecule has 0 spiro atoms. The van der Waals surface area contributed by atoms with E-state index >= 15 is 0 Å². The molecule has 0 unspecified atom stereocenters. The Bertz CT molecular complexity index is 778. The van der Waals surface area contributed by atoms with Gasteiger partial charge in [-0.15, -0.1) is 0 Å². The summed E-state index contributed by atoms with van der Waals surface area (Å²) in [6.45, 7) is 0. The number of imidazole rings is 1. The van der Waals surface area contributed by atoms with Gasteiger partial charge in [-0.3, -0.25) is 9.78 Å². The van der Waals surface area contributed by atoms with Crippen molar-refractivity contribution in [2.24, 2.45) is 7.05 Å². The number of aliphatic carboxylic acids is 1. The summed E-state index contributed by atoms with van der Waals surface area (Å²) in [6.07, 6.45) is 1.73. The van der Waals surface area contributed by atoms with Crippen molar-refractivity contribution < 1.29 is 9.90 Å². The van der Waals surface area contributed by atoms with Crippen molar-refractivity contribution in [3.05, 3.63) is 48.2 Å². The van der Waals surface area contributed by atoms with Gasteiger partial charge in [0.1, 0.15) is 5.69 Å². The average molecular weight is 267 g/mol. The largest absolute Gasteiger partial charge is 0.481 e. The molecule has 2 aromatic heterocycles. The van der Waals surface area contributed by atoms with Gasteiger partial charge >= 0.3 is 5.97 Å². The maximum absolute atomic E-state index is 10.8. The van der Waals surface area contributed by atoms with E-state index in [0.717, 1.165) is 28.1 Å². The molecule has 0 fully saturated rings. The Morgan fingerprint density at radius 2 is 2.15 bits per heavy atom. The first-order valence-electron chi connectivity index (χ1n) is 6.23. The van der Waals surface area contributed by atoms with Crippen molar-refractivity contribution >= 4 is 17.0 Å². The zero-order valence-electron chi connectivity index (χ0n) is 10.9. The molecule has 2 heterocycles. The maximum atomic E-state index is 10.8. The normalized spacial score (nSPS) is 10.8. The minimum Gasteiger partial charge on any atom is -0.481 e. The predicted molar refractivity (Wildman–Crippen MR) is 75.3 cm³/mol. The van der Waals surface area contributed by atoms with E-state index in [1.165, 1.54) is 0 Å². The summed E-state index contributed by atoms with van der Waals surface area (Å²) in [5.74, 6) is -0.0710. The number of aryl methyl sites for hydroxylation is 1. The van der Waals surface area contributed by atoms with E-state index in [-0.39, 0.29) is 6.42 Å². The molecule has 3 rings (SSSR count). The van der Waals surface area contributed by atoms with E-state index in [4.69, 9.17) is 5.11 Å². The number of pyridine rings is 1. The molecule has 5 nitrogen and oxygen atoms in total. The van der Waals surface area contributed by atoms with E-state index in [9.17, 15) is 4.79 Å². The molecule has 0 aliphatic heterocycles. The van der Waals surface area contributed by atoms with E-state index in [2.05, 4.69) is 9.97 Å². The molecular weight excluding hydrogens is 254 g/mol. The number of hydrogen-bond donors (Lipinski definition) is 1. The number of carbonyl (C=O) groups is 1. The van der Waals surface area contributed by atoms with Crippen LogP contribution in [0.15, 0.2) is 42.6 Å². The molecule has 0 atom stereocenters. The van der Waals surface area contributed by atoms with Crippen LogP contribution < -0.4 is 0 Å².